The van der Waals surface area contributed by atoms with Crippen LogP contribution in [0.1, 0.15) is 25.1 Å². The lowest BCUT2D eigenvalue weighted by atomic mass is 10.2. The zero-order valence-electron chi connectivity index (χ0n) is 15.0. The molecule has 2 aromatic rings. The van der Waals surface area contributed by atoms with Crippen molar-refractivity contribution < 1.29 is 4.74 Å². The zero-order chi connectivity index (χ0) is 17.2. The average molecular weight is 454 g/mol. The van der Waals surface area contributed by atoms with Crippen LogP contribution in [0.2, 0.25) is 0 Å². The second-order valence-electron chi connectivity index (χ2n) is 5.95. The van der Waals surface area contributed by atoms with E-state index in [1.165, 1.54) is 5.56 Å². The maximum absolute atomic E-state index is 5.69. The second-order valence-corrected chi connectivity index (χ2v) is 5.95. The number of aliphatic imine (C=N–C) groups is 1. The van der Waals surface area contributed by atoms with Gasteiger partial charge in [0.05, 0.1) is 18.8 Å². The number of hydrogen-bond acceptors (Lipinski definition) is 3. The van der Waals surface area contributed by atoms with Crippen molar-refractivity contribution in [3.63, 3.8) is 0 Å². The molecule has 0 unspecified atom stereocenters. The number of halogens is 1. The van der Waals surface area contributed by atoms with Gasteiger partial charge < -0.3 is 15.4 Å². The predicted octanol–water partition coefficient (Wildman–Crippen LogP) is 3.60. The van der Waals surface area contributed by atoms with Gasteiger partial charge in [0.1, 0.15) is 5.75 Å². The zero-order valence-corrected chi connectivity index (χ0v) is 17.4. The molecule has 0 bridgehead atoms. The number of nitrogens with one attached hydrogen (secondary N) is 2. The molecule has 0 saturated heterocycles. The molecule has 0 fully saturated rings. The lowest BCUT2D eigenvalue weighted by Gasteiger charge is -2.12. The number of benzene rings is 1. The Kier molecular flexibility index (Phi) is 9.91. The fourth-order valence-electron chi connectivity index (χ4n) is 2.05. The van der Waals surface area contributed by atoms with Crippen LogP contribution in [-0.4, -0.2) is 24.6 Å². The van der Waals surface area contributed by atoms with Crippen molar-refractivity contribution in [3.05, 3.63) is 59.9 Å². The first-order chi connectivity index (χ1) is 11.7. The quantitative estimate of drug-likeness (QED) is 0.382. The molecule has 0 saturated carbocycles. The molecule has 1 aromatic carbocycles. The largest absolute Gasteiger partial charge is 0.493 e. The van der Waals surface area contributed by atoms with Crippen molar-refractivity contribution in [1.29, 1.82) is 0 Å². The van der Waals surface area contributed by atoms with Crippen LogP contribution in [0.25, 0.3) is 0 Å². The van der Waals surface area contributed by atoms with Gasteiger partial charge in [0.25, 0.3) is 0 Å². The summed E-state index contributed by atoms with van der Waals surface area (Å²) in [6.45, 7) is 6.36. The fourth-order valence-corrected chi connectivity index (χ4v) is 2.05. The Morgan fingerprint density at radius 2 is 1.80 bits per heavy atom. The topological polar surface area (TPSA) is 58.5 Å². The molecule has 0 aliphatic rings. The molecule has 0 spiro atoms. The summed E-state index contributed by atoms with van der Waals surface area (Å²) in [6.07, 6.45) is 1.79. The highest BCUT2D eigenvalue weighted by Gasteiger charge is 2.01. The minimum absolute atomic E-state index is 0. The minimum atomic E-state index is 0. The van der Waals surface area contributed by atoms with Gasteiger partial charge in [0.2, 0.25) is 0 Å². The minimum Gasteiger partial charge on any atom is -0.493 e. The van der Waals surface area contributed by atoms with Gasteiger partial charge in [-0.1, -0.05) is 32.0 Å². The van der Waals surface area contributed by atoms with Crippen LogP contribution in [0.3, 0.4) is 0 Å². The molecule has 1 aromatic heterocycles. The molecule has 0 aliphatic carbocycles. The third-order valence-electron chi connectivity index (χ3n) is 3.35. The SMILES string of the molecule is CN=C(NCc1ccc(OCC(C)C)cc1)NCc1ccccn1.I. The predicted molar refractivity (Wildman–Crippen MR) is 113 cm³/mol. The molecule has 25 heavy (non-hydrogen) atoms. The Morgan fingerprint density at radius 3 is 2.40 bits per heavy atom. The first-order valence-corrected chi connectivity index (χ1v) is 8.23. The summed E-state index contributed by atoms with van der Waals surface area (Å²) in [5.74, 6) is 2.19. The van der Waals surface area contributed by atoms with Gasteiger partial charge in [-0.15, -0.1) is 24.0 Å². The Morgan fingerprint density at radius 1 is 1.08 bits per heavy atom. The van der Waals surface area contributed by atoms with Gasteiger partial charge in [-0.2, -0.15) is 0 Å². The van der Waals surface area contributed by atoms with Crippen LogP contribution in [0.15, 0.2) is 53.7 Å². The monoisotopic (exact) mass is 454 g/mol. The van der Waals surface area contributed by atoms with Crippen molar-refractivity contribution in [3.8, 4) is 5.75 Å². The van der Waals surface area contributed by atoms with Gasteiger partial charge in [0.15, 0.2) is 5.96 Å². The molecule has 0 atom stereocenters. The third-order valence-corrected chi connectivity index (χ3v) is 3.35. The van der Waals surface area contributed by atoms with Crippen LogP contribution < -0.4 is 15.4 Å². The Hall–Kier alpha value is -1.83. The highest BCUT2D eigenvalue weighted by molar-refractivity contribution is 14.0. The summed E-state index contributed by atoms with van der Waals surface area (Å²) in [4.78, 5) is 8.51. The van der Waals surface area contributed by atoms with E-state index >= 15 is 0 Å². The molecule has 0 aliphatic heterocycles. The number of nitrogens with zero attached hydrogens (tertiary/aromatic N) is 2. The highest BCUT2D eigenvalue weighted by atomic mass is 127. The Labute approximate surface area is 167 Å². The van der Waals surface area contributed by atoms with Crippen molar-refractivity contribution >= 4 is 29.9 Å². The molecule has 0 radical (unpaired) electrons. The van der Waals surface area contributed by atoms with Gasteiger partial charge >= 0.3 is 0 Å². The van der Waals surface area contributed by atoms with E-state index in [2.05, 4.69) is 46.6 Å². The van der Waals surface area contributed by atoms with Crippen LogP contribution in [-0.2, 0) is 13.1 Å². The van der Waals surface area contributed by atoms with E-state index in [-0.39, 0.29) is 24.0 Å². The average Bonchev–Trinajstić information content (AvgIpc) is 2.62. The summed E-state index contributed by atoms with van der Waals surface area (Å²) in [5.41, 5.74) is 2.15. The number of guanidine groups is 1. The second kappa shape index (κ2) is 11.7. The van der Waals surface area contributed by atoms with Crippen molar-refractivity contribution in [2.45, 2.75) is 26.9 Å². The molecule has 2 rings (SSSR count). The molecular weight excluding hydrogens is 427 g/mol. The highest BCUT2D eigenvalue weighted by Crippen LogP contribution is 2.13. The van der Waals surface area contributed by atoms with Crippen LogP contribution >= 0.6 is 24.0 Å². The Balaban J connectivity index is 0.00000312. The van der Waals surface area contributed by atoms with E-state index in [4.69, 9.17) is 4.74 Å². The smallest absolute Gasteiger partial charge is 0.191 e. The standard InChI is InChI=1S/C19H26N4O.HI/c1-15(2)14-24-18-9-7-16(8-10-18)12-22-19(20-3)23-13-17-6-4-5-11-21-17;/h4-11,15H,12-14H2,1-3H3,(H2,20,22,23);1H. The molecule has 6 heteroatoms. The number of aromatic nitrogens is 1. The van der Waals surface area contributed by atoms with E-state index in [0.29, 0.717) is 19.0 Å². The number of pyridine rings is 1. The van der Waals surface area contributed by atoms with E-state index < -0.39 is 0 Å². The fraction of sp³-hybridized carbons (Fsp3) is 0.368. The summed E-state index contributed by atoms with van der Waals surface area (Å²) < 4.78 is 5.69. The lowest BCUT2D eigenvalue weighted by molar-refractivity contribution is 0.271. The van der Waals surface area contributed by atoms with E-state index in [9.17, 15) is 0 Å². The molecule has 2 N–H and O–H groups in total. The summed E-state index contributed by atoms with van der Waals surface area (Å²) in [6, 6.07) is 14.0. The summed E-state index contributed by atoms with van der Waals surface area (Å²) in [5, 5.41) is 6.55. The molecule has 136 valence electrons. The number of rotatable bonds is 7. The summed E-state index contributed by atoms with van der Waals surface area (Å²) >= 11 is 0. The van der Waals surface area contributed by atoms with Gasteiger partial charge in [-0.3, -0.25) is 9.98 Å². The maximum Gasteiger partial charge on any atom is 0.191 e. The first-order valence-electron chi connectivity index (χ1n) is 8.23. The molecule has 0 amide bonds. The van der Waals surface area contributed by atoms with Gasteiger partial charge in [0, 0.05) is 19.8 Å². The van der Waals surface area contributed by atoms with Gasteiger partial charge in [-0.25, -0.2) is 0 Å². The van der Waals surface area contributed by atoms with E-state index in [0.717, 1.165) is 24.0 Å². The van der Waals surface area contributed by atoms with Crippen molar-refractivity contribution in [1.82, 2.24) is 15.6 Å². The third kappa shape index (κ3) is 8.20. The summed E-state index contributed by atoms with van der Waals surface area (Å²) in [7, 11) is 1.76. The van der Waals surface area contributed by atoms with E-state index in [1.807, 2.05) is 30.3 Å². The van der Waals surface area contributed by atoms with E-state index in [1.54, 1.807) is 13.2 Å². The molecule has 1 heterocycles. The first kappa shape index (κ1) is 21.2. The molecule has 5 nitrogen and oxygen atoms in total. The van der Waals surface area contributed by atoms with Crippen LogP contribution in [0, 0.1) is 5.92 Å². The molecular formula is C19H27IN4O. The van der Waals surface area contributed by atoms with Crippen molar-refractivity contribution in [2.24, 2.45) is 10.9 Å². The van der Waals surface area contributed by atoms with Crippen molar-refractivity contribution in [2.75, 3.05) is 13.7 Å². The maximum atomic E-state index is 5.69. The number of hydrogen-bond donors (Lipinski definition) is 2. The lowest BCUT2D eigenvalue weighted by Crippen LogP contribution is -2.36. The normalized spacial score (nSPS) is 11.0. The number of ether oxygens (including phenoxy) is 1. The van der Waals surface area contributed by atoms with Crippen LogP contribution in [0.5, 0.6) is 5.75 Å². The van der Waals surface area contributed by atoms with Crippen LogP contribution in [0.4, 0.5) is 0 Å². The Bertz CT molecular complexity index is 630. The van der Waals surface area contributed by atoms with Gasteiger partial charge in [-0.05, 0) is 35.7 Å².